The van der Waals surface area contributed by atoms with Gasteiger partial charge in [-0.1, -0.05) is 25.0 Å². The van der Waals surface area contributed by atoms with E-state index in [-0.39, 0.29) is 30.3 Å². The van der Waals surface area contributed by atoms with Crippen molar-refractivity contribution in [3.8, 4) is 0 Å². The lowest BCUT2D eigenvalue weighted by atomic mass is 10.2. The summed E-state index contributed by atoms with van der Waals surface area (Å²) < 4.78 is 0. The third-order valence-electron chi connectivity index (χ3n) is 5.56. The predicted octanol–water partition coefficient (Wildman–Crippen LogP) is 2.18. The highest BCUT2D eigenvalue weighted by Crippen LogP contribution is 2.40. The number of anilines is 1. The molecular weight excluding hydrogens is 362 g/mol. The van der Waals surface area contributed by atoms with Gasteiger partial charge in [-0.3, -0.25) is 14.4 Å². The first-order valence-electron chi connectivity index (χ1n) is 9.79. The zero-order valence-corrected chi connectivity index (χ0v) is 16.2. The lowest BCUT2D eigenvalue weighted by Crippen LogP contribution is -2.52. The zero-order valence-electron chi connectivity index (χ0n) is 15.4. The number of amides is 3. The Hall–Kier alpha value is -2.02. The summed E-state index contributed by atoms with van der Waals surface area (Å²) in [5.74, 6) is -0.556. The molecule has 4 rings (SSSR count). The van der Waals surface area contributed by atoms with Crippen molar-refractivity contribution in [3.63, 3.8) is 0 Å². The molecule has 0 aromatic heterocycles. The van der Waals surface area contributed by atoms with Crippen molar-refractivity contribution < 1.29 is 14.4 Å². The molecule has 6 nitrogen and oxygen atoms in total. The topological polar surface area (TPSA) is 69.7 Å². The number of fused-ring (bicyclic) bond motifs is 1. The number of thioether (sulfide) groups is 1. The molecule has 0 bridgehead atoms. The highest BCUT2D eigenvalue weighted by atomic mass is 32.2. The van der Waals surface area contributed by atoms with Crippen LogP contribution in [0.4, 0.5) is 5.69 Å². The van der Waals surface area contributed by atoms with E-state index in [1.807, 2.05) is 24.3 Å². The van der Waals surface area contributed by atoms with Gasteiger partial charge in [0.15, 0.2) is 5.25 Å². The van der Waals surface area contributed by atoms with E-state index in [9.17, 15) is 14.4 Å². The van der Waals surface area contributed by atoms with Crippen LogP contribution in [-0.2, 0) is 14.4 Å². The number of para-hydroxylation sites is 1. The van der Waals surface area contributed by atoms with Crippen LogP contribution in [0.3, 0.4) is 0 Å². The molecule has 7 heteroatoms. The minimum absolute atomic E-state index is 0.0311. The summed E-state index contributed by atoms with van der Waals surface area (Å²) in [5.41, 5.74) is 0.722. The molecule has 1 aromatic rings. The molecule has 1 N–H and O–H groups in total. The summed E-state index contributed by atoms with van der Waals surface area (Å²) in [6, 6.07) is 7.73. The number of benzene rings is 1. The fraction of sp³-hybridized carbons (Fsp3) is 0.550. The normalized spacial score (nSPS) is 22.8. The lowest BCUT2D eigenvalue weighted by Gasteiger charge is -2.34. The van der Waals surface area contributed by atoms with Crippen LogP contribution in [0.1, 0.15) is 38.5 Å². The summed E-state index contributed by atoms with van der Waals surface area (Å²) in [7, 11) is 0. The van der Waals surface area contributed by atoms with Crippen LogP contribution >= 0.6 is 11.8 Å². The van der Waals surface area contributed by atoms with Gasteiger partial charge >= 0.3 is 0 Å². The Bertz CT molecular complexity index is 742. The third kappa shape index (κ3) is 3.83. The van der Waals surface area contributed by atoms with Crippen molar-refractivity contribution in [1.29, 1.82) is 0 Å². The molecular formula is C20H25N3O3S. The molecule has 3 amide bonds. The van der Waals surface area contributed by atoms with Crippen molar-refractivity contribution in [3.05, 3.63) is 24.3 Å². The highest BCUT2D eigenvalue weighted by molar-refractivity contribution is 8.01. The Morgan fingerprint density at radius 2 is 1.78 bits per heavy atom. The first-order valence-corrected chi connectivity index (χ1v) is 10.7. The number of likely N-dealkylation sites (tertiary alicyclic amines) is 1. The second-order valence-corrected chi connectivity index (χ2v) is 8.62. The molecule has 1 aromatic carbocycles. The first-order chi connectivity index (χ1) is 13.1. The Kier molecular flexibility index (Phi) is 5.38. The Labute approximate surface area is 163 Å². The number of carbonyl (C=O) groups excluding carboxylic acids is 3. The molecule has 1 saturated heterocycles. The van der Waals surface area contributed by atoms with Gasteiger partial charge in [0.1, 0.15) is 6.54 Å². The van der Waals surface area contributed by atoms with Crippen molar-refractivity contribution >= 4 is 35.2 Å². The Balaban J connectivity index is 1.53. The van der Waals surface area contributed by atoms with E-state index in [1.165, 1.54) is 16.7 Å². The lowest BCUT2D eigenvalue weighted by molar-refractivity contribution is -0.134. The van der Waals surface area contributed by atoms with Crippen LogP contribution in [-0.4, -0.2) is 53.5 Å². The van der Waals surface area contributed by atoms with Gasteiger partial charge in [-0.2, -0.15) is 0 Å². The zero-order chi connectivity index (χ0) is 18.8. The second-order valence-electron chi connectivity index (χ2n) is 7.47. The molecule has 1 atom stereocenters. The Morgan fingerprint density at radius 1 is 1.07 bits per heavy atom. The molecule has 2 heterocycles. The smallest absolute Gasteiger partial charge is 0.250 e. The van der Waals surface area contributed by atoms with Crippen molar-refractivity contribution in [1.82, 2.24) is 10.2 Å². The molecule has 0 radical (unpaired) electrons. The van der Waals surface area contributed by atoms with E-state index in [1.54, 1.807) is 4.90 Å². The molecule has 1 saturated carbocycles. The van der Waals surface area contributed by atoms with E-state index in [2.05, 4.69) is 5.32 Å². The molecule has 144 valence electrons. The largest absolute Gasteiger partial charge is 0.352 e. The maximum atomic E-state index is 13.1. The number of carbonyl (C=O) groups is 3. The number of rotatable bonds is 4. The summed E-state index contributed by atoms with van der Waals surface area (Å²) in [6.45, 7) is 1.40. The fourth-order valence-electron chi connectivity index (χ4n) is 4.13. The van der Waals surface area contributed by atoms with Gasteiger partial charge in [-0.05, 0) is 37.8 Å². The van der Waals surface area contributed by atoms with Crippen LogP contribution in [0.2, 0.25) is 0 Å². The van der Waals surface area contributed by atoms with Gasteiger partial charge in [0.25, 0.3) is 5.91 Å². The minimum Gasteiger partial charge on any atom is -0.352 e. The fourth-order valence-corrected chi connectivity index (χ4v) is 5.31. The van der Waals surface area contributed by atoms with E-state index in [4.69, 9.17) is 0 Å². The van der Waals surface area contributed by atoms with Gasteiger partial charge in [0.05, 0.1) is 5.69 Å². The summed E-state index contributed by atoms with van der Waals surface area (Å²) in [4.78, 5) is 42.7. The summed E-state index contributed by atoms with van der Waals surface area (Å²) in [5, 5.41) is 2.25. The van der Waals surface area contributed by atoms with E-state index < -0.39 is 5.25 Å². The monoisotopic (exact) mass is 387 g/mol. The first kappa shape index (κ1) is 18.3. The average molecular weight is 388 g/mol. The standard InChI is InChI=1S/C20H25N3O3S/c24-17(21-14-7-1-2-8-14)13-23-15-9-3-4-10-16(15)27-18(20(23)26)19(25)22-11-5-6-12-22/h3-4,9-10,14,18H,1-2,5-8,11-13H2,(H,21,24). The van der Waals surface area contributed by atoms with Crippen molar-refractivity contribution in [2.45, 2.75) is 54.7 Å². The van der Waals surface area contributed by atoms with Gasteiger partial charge in [0, 0.05) is 24.0 Å². The molecule has 27 heavy (non-hydrogen) atoms. The molecule has 3 aliphatic rings. The maximum absolute atomic E-state index is 13.1. The Morgan fingerprint density at radius 3 is 2.52 bits per heavy atom. The van der Waals surface area contributed by atoms with Crippen LogP contribution in [0.5, 0.6) is 0 Å². The van der Waals surface area contributed by atoms with Gasteiger partial charge in [-0.25, -0.2) is 0 Å². The number of hydrogen-bond acceptors (Lipinski definition) is 4. The summed E-state index contributed by atoms with van der Waals surface area (Å²) in [6.07, 6.45) is 6.26. The highest BCUT2D eigenvalue weighted by Gasteiger charge is 2.41. The van der Waals surface area contributed by atoms with E-state index in [0.29, 0.717) is 13.1 Å². The second kappa shape index (κ2) is 7.92. The van der Waals surface area contributed by atoms with Crippen LogP contribution < -0.4 is 10.2 Å². The molecule has 0 spiro atoms. The van der Waals surface area contributed by atoms with Gasteiger partial charge < -0.3 is 15.1 Å². The summed E-state index contributed by atoms with van der Waals surface area (Å²) >= 11 is 1.31. The third-order valence-corrected chi connectivity index (χ3v) is 6.79. The number of nitrogens with one attached hydrogen (secondary N) is 1. The number of hydrogen-bond donors (Lipinski definition) is 1. The van der Waals surface area contributed by atoms with Crippen LogP contribution in [0, 0.1) is 0 Å². The van der Waals surface area contributed by atoms with Gasteiger partial charge in [-0.15, -0.1) is 11.8 Å². The molecule has 2 aliphatic heterocycles. The van der Waals surface area contributed by atoms with E-state index >= 15 is 0 Å². The van der Waals surface area contributed by atoms with Crippen LogP contribution in [0.15, 0.2) is 29.2 Å². The van der Waals surface area contributed by atoms with Gasteiger partial charge in [0.2, 0.25) is 11.8 Å². The minimum atomic E-state index is -0.794. The van der Waals surface area contributed by atoms with Crippen molar-refractivity contribution in [2.24, 2.45) is 0 Å². The maximum Gasteiger partial charge on any atom is 0.250 e. The molecule has 1 unspecified atom stereocenters. The molecule has 1 aliphatic carbocycles. The average Bonchev–Trinajstić information content (AvgIpc) is 3.37. The predicted molar refractivity (Wildman–Crippen MR) is 105 cm³/mol. The van der Waals surface area contributed by atoms with Crippen molar-refractivity contribution in [2.75, 3.05) is 24.5 Å². The SMILES string of the molecule is O=C(CN1C(=O)C(C(=O)N2CCCC2)Sc2ccccc21)NC1CCCC1. The molecule has 2 fully saturated rings. The van der Waals surface area contributed by atoms with E-state index in [0.717, 1.165) is 49.1 Å². The van der Waals surface area contributed by atoms with Crippen LogP contribution in [0.25, 0.3) is 0 Å². The quantitative estimate of drug-likeness (QED) is 0.804. The number of nitrogens with zero attached hydrogens (tertiary/aromatic N) is 2.